The van der Waals surface area contributed by atoms with Crippen LogP contribution in [0.15, 0.2) is 30.3 Å². The van der Waals surface area contributed by atoms with E-state index in [0.29, 0.717) is 18.9 Å². The number of nitrogens with zero attached hydrogens (tertiary/aromatic N) is 1. The maximum Gasteiger partial charge on any atom is 0.323 e. The van der Waals surface area contributed by atoms with E-state index >= 15 is 0 Å². The first-order valence-electron chi connectivity index (χ1n) is 7.09. The van der Waals surface area contributed by atoms with Crippen LogP contribution >= 0.6 is 0 Å². The van der Waals surface area contributed by atoms with Gasteiger partial charge in [-0.05, 0) is 24.3 Å². The standard InChI is InChI=1S/C16H23NO3/c1-3-11-17(12-16(19)20)15(18)10-9-13(2)14-7-5-4-6-8-14/h4-8,13H,3,9-12H2,1-2H3,(H,19,20). The van der Waals surface area contributed by atoms with Crippen molar-refractivity contribution >= 4 is 11.9 Å². The summed E-state index contributed by atoms with van der Waals surface area (Å²) in [4.78, 5) is 24.3. The fraction of sp³-hybridized carbons (Fsp3) is 0.500. The van der Waals surface area contributed by atoms with Crippen LogP contribution in [0.2, 0.25) is 0 Å². The summed E-state index contributed by atoms with van der Waals surface area (Å²) in [5.41, 5.74) is 1.21. The smallest absolute Gasteiger partial charge is 0.323 e. The van der Waals surface area contributed by atoms with Crippen molar-refractivity contribution in [1.82, 2.24) is 4.90 Å². The van der Waals surface area contributed by atoms with Gasteiger partial charge in [-0.25, -0.2) is 0 Å². The number of carboxylic acid groups (broad SMARTS) is 1. The molecule has 20 heavy (non-hydrogen) atoms. The number of rotatable bonds is 8. The first-order valence-corrected chi connectivity index (χ1v) is 7.09. The zero-order chi connectivity index (χ0) is 15.0. The Morgan fingerprint density at radius 1 is 1.25 bits per heavy atom. The van der Waals surface area contributed by atoms with Gasteiger partial charge in [0.1, 0.15) is 6.54 Å². The van der Waals surface area contributed by atoms with Gasteiger partial charge in [0.2, 0.25) is 5.91 Å². The van der Waals surface area contributed by atoms with Gasteiger partial charge in [-0.15, -0.1) is 0 Å². The quantitative estimate of drug-likeness (QED) is 0.795. The largest absolute Gasteiger partial charge is 0.480 e. The van der Waals surface area contributed by atoms with Crippen molar-refractivity contribution < 1.29 is 14.7 Å². The molecule has 0 saturated heterocycles. The van der Waals surface area contributed by atoms with Crippen molar-refractivity contribution in [2.24, 2.45) is 0 Å². The first kappa shape index (κ1) is 16.2. The molecular weight excluding hydrogens is 254 g/mol. The second-order valence-corrected chi connectivity index (χ2v) is 5.06. The van der Waals surface area contributed by atoms with Crippen LogP contribution in [0.4, 0.5) is 0 Å². The molecule has 1 atom stereocenters. The Morgan fingerprint density at radius 3 is 2.45 bits per heavy atom. The lowest BCUT2D eigenvalue weighted by Crippen LogP contribution is -2.36. The molecule has 1 rings (SSSR count). The summed E-state index contributed by atoms with van der Waals surface area (Å²) in [6.45, 7) is 4.33. The maximum absolute atomic E-state index is 12.1. The van der Waals surface area contributed by atoms with E-state index in [9.17, 15) is 9.59 Å². The Kier molecular flexibility index (Phi) is 6.77. The Morgan fingerprint density at radius 2 is 1.90 bits per heavy atom. The number of carboxylic acids is 1. The molecule has 0 spiro atoms. The van der Waals surface area contributed by atoms with Gasteiger partial charge >= 0.3 is 5.97 Å². The van der Waals surface area contributed by atoms with Crippen molar-refractivity contribution in [2.75, 3.05) is 13.1 Å². The number of hydrogen-bond donors (Lipinski definition) is 1. The van der Waals surface area contributed by atoms with E-state index in [4.69, 9.17) is 5.11 Å². The fourth-order valence-corrected chi connectivity index (χ4v) is 2.17. The highest BCUT2D eigenvalue weighted by atomic mass is 16.4. The fourth-order valence-electron chi connectivity index (χ4n) is 2.17. The molecule has 0 aliphatic rings. The van der Waals surface area contributed by atoms with E-state index in [1.165, 1.54) is 10.5 Å². The molecule has 1 aromatic carbocycles. The number of carbonyl (C=O) groups is 2. The van der Waals surface area contributed by atoms with E-state index in [-0.39, 0.29) is 12.5 Å². The molecule has 1 aromatic rings. The zero-order valence-corrected chi connectivity index (χ0v) is 12.2. The zero-order valence-electron chi connectivity index (χ0n) is 12.2. The van der Waals surface area contributed by atoms with Crippen molar-refractivity contribution in [3.8, 4) is 0 Å². The van der Waals surface area contributed by atoms with Gasteiger partial charge in [0.05, 0.1) is 0 Å². The lowest BCUT2D eigenvalue weighted by molar-refractivity contribution is -0.144. The summed E-state index contributed by atoms with van der Waals surface area (Å²) in [5, 5.41) is 8.82. The van der Waals surface area contributed by atoms with Crippen LogP contribution < -0.4 is 0 Å². The number of hydrogen-bond acceptors (Lipinski definition) is 2. The molecule has 0 aromatic heterocycles. The van der Waals surface area contributed by atoms with Crippen LogP contribution in [0.1, 0.15) is 44.6 Å². The van der Waals surface area contributed by atoms with Gasteiger partial charge in [-0.1, -0.05) is 44.2 Å². The number of benzene rings is 1. The Labute approximate surface area is 120 Å². The van der Waals surface area contributed by atoms with Crippen LogP contribution in [-0.2, 0) is 9.59 Å². The van der Waals surface area contributed by atoms with E-state index < -0.39 is 5.97 Å². The molecule has 0 aliphatic carbocycles. The van der Waals surface area contributed by atoms with Crippen molar-refractivity contribution in [1.29, 1.82) is 0 Å². The van der Waals surface area contributed by atoms with Gasteiger partial charge in [-0.3, -0.25) is 9.59 Å². The molecule has 0 bridgehead atoms. The van der Waals surface area contributed by atoms with Gasteiger partial charge < -0.3 is 10.0 Å². The highest BCUT2D eigenvalue weighted by Gasteiger charge is 2.17. The molecule has 4 nitrogen and oxygen atoms in total. The molecule has 1 unspecified atom stereocenters. The van der Waals surface area contributed by atoms with E-state index in [2.05, 4.69) is 19.1 Å². The first-order chi connectivity index (χ1) is 9.54. The van der Waals surface area contributed by atoms with Crippen LogP contribution in [-0.4, -0.2) is 35.0 Å². The molecule has 4 heteroatoms. The third-order valence-corrected chi connectivity index (χ3v) is 3.33. The molecular formula is C16H23NO3. The molecule has 0 aliphatic heterocycles. The molecule has 0 fully saturated rings. The molecule has 0 heterocycles. The molecule has 0 saturated carbocycles. The number of carbonyl (C=O) groups excluding carboxylic acids is 1. The second-order valence-electron chi connectivity index (χ2n) is 5.06. The van der Waals surface area contributed by atoms with Crippen molar-refractivity contribution in [3.63, 3.8) is 0 Å². The molecule has 0 radical (unpaired) electrons. The Balaban J connectivity index is 2.50. The van der Waals surface area contributed by atoms with E-state index in [1.54, 1.807) is 0 Å². The summed E-state index contributed by atoms with van der Waals surface area (Å²) in [6.07, 6.45) is 1.90. The maximum atomic E-state index is 12.1. The molecule has 110 valence electrons. The lowest BCUT2D eigenvalue weighted by atomic mass is 9.96. The summed E-state index contributed by atoms with van der Waals surface area (Å²) in [7, 11) is 0. The number of amides is 1. The van der Waals surface area contributed by atoms with Crippen molar-refractivity contribution in [3.05, 3.63) is 35.9 Å². The average molecular weight is 277 g/mol. The van der Waals surface area contributed by atoms with Gasteiger partial charge in [0.25, 0.3) is 0 Å². The second kappa shape index (κ2) is 8.35. The topological polar surface area (TPSA) is 57.6 Å². The minimum absolute atomic E-state index is 0.0722. The van der Waals surface area contributed by atoms with Gasteiger partial charge in [0, 0.05) is 13.0 Å². The molecule has 1 amide bonds. The third-order valence-electron chi connectivity index (χ3n) is 3.33. The van der Waals surface area contributed by atoms with E-state index in [0.717, 1.165) is 12.8 Å². The average Bonchev–Trinajstić information content (AvgIpc) is 2.44. The minimum Gasteiger partial charge on any atom is -0.480 e. The van der Waals surface area contributed by atoms with Crippen LogP contribution in [0, 0.1) is 0 Å². The van der Waals surface area contributed by atoms with Crippen LogP contribution in [0.25, 0.3) is 0 Å². The SMILES string of the molecule is CCCN(CC(=O)O)C(=O)CCC(C)c1ccccc1. The number of aliphatic carboxylic acids is 1. The Bertz CT molecular complexity index is 431. The van der Waals surface area contributed by atoms with Crippen LogP contribution in [0.3, 0.4) is 0 Å². The highest BCUT2D eigenvalue weighted by molar-refractivity contribution is 5.81. The highest BCUT2D eigenvalue weighted by Crippen LogP contribution is 2.20. The molecule has 1 N–H and O–H groups in total. The summed E-state index contributed by atoms with van der Waals surface area (Å²) >= 11 is 0. The Hall–Kier alpha value is -1.84. The third kappa shape index (κ3) is 5.43. The van der Waals surface area contributed by atoms with Gasteiger partial charge in [0.15, 0.2) is 0 Å². The predicted octanol–water partition coefficient (Wildman–Crippen LogP) is 2.89. The van der Waals surface area contributed by atoms with E-state index in [1.807, 2.05) is 25.1 Å². The lowest BCUT2D eigenvalue weighted by Gasteiger charge is -2.21. The van der Waals surface area contributed by atoms with Gasteiger partial charge in [-0.2, -0.15) is 0 Å². The van der Waals surface area contributed by atoms with Crippen LogP contribution in [0.5, 0.6) is 0 Å². The summed E-state index contributed by atoms with van der Waals surface area (Å²) < 4.78 is 0. The monoisotopic (exact) mass is 277 g/mol. The van der Waals surface area contributed by atoms with Crippen molar-refractivity contribution in [2.45, 2.75) is 39.0 Å². The summed E-state index contributed by atoms with van der Waals surface area (Å²) in [5.74, 6) is -0.728. The normalized spacial score (nSPS) is 11.9. The minimum atomic E-state index is -0.956. The predicted molar refractivity (Wildman–Crippen MR) is 78.6 cm³/mol. The summed E-state index contributed by atoms with van der Waals surface area (Å²) in [6, 6.07) is 10.0.